The van der Waals surface area contributed by atoms with Crippen molar-refractivity contribution < 1.29 is 4.79 Å². The van der Waals surface area contributed by atoms with Gasteiger partial charge in [0.1, 0.15) is 0 Å². The Morgan fingerprint density at radius 1 is 1.21 bits per heavy atom. The summed E-state index contributed by atoms with van der Waals surface area (Å²) in [6.45, 7) is 5.64. The molecule has 0 aliphatic rings. The van der Waals surface area contributed by atoms with E-state index in [2.05, 4.69) is 29.4 Å². The Labute approximate surface area is 111 Å². The van der Waals surface area contributed by atoms with E-state index in [9.17, 15) is 4.79 Å². The Bertz CT molecular complexity index is 799. The first-order valence-electron chi connectivity index (χ1n) is 6.36. The average Bonchev–Trinajstić information content (AvgIpc) is 2.75. The van der Waals surface area contributed by atoms with Crippen molar-refractivity contribution in [2.75, 3.05) is 5.32 Å². The van der Waals surface area contributed by atoms with Crippen molar-refractivity contribution in [1.29, 1.82) is 0 Å². The molecular weight excluding hydrogens is 236 g/mol. The van der Waals surface area contributed by atoms with Crippen molar-refractivity contribution in [3.8, 4) is 0 Å². The molecule has 2 aromatic carbocycles. The molecule has 19 heavy (non-hydrogen) atoms. The number of carbonyl (C=O) groups excluding carboxylic acids is 1. The molecule has 0 radical (unpaired) electrons. The smallest absolute Gasteiger partial charge is 0.221 e. The summed E-state index contributed by atoms with van der Waals surface area (Å²) in [5.74, 6) is -0.0401. The lowest BCUT2D eigenvalue weighted by Crippen LogP contribution is -2.07. The number of hydrogen-bond acceptors (Lipinski definition) is 1. The summed E-state index contributed by atoms with van der Waals surface area (Å²) in [6, 6.07) is 10.3. The quantitative estimate of drug-likeness (QED) is 0.678. The normalized spacial score (nSPS) is 11.1. The molecule has 3 nitrogen and oxygen atoms in total. The van der Waals surface area contributed by atoms with Gasteiger partial charge in [0.25, 0.3) is 0 Å². The highest BCUT2D eigenvalue weighted by Gasteiger charge is 2.12. The van der Waals surface area contributed by atoms with Crippen LogP contribution in [0.5, 0.6) is 0 Å². The first kappa shape index (κ1) is 11.8. The Kier molecular flexibility index (Phi) is 2.56. The van der Waals surface area contributed by atoms with Crippen LogP contribution in [0.1, 0.15) is 18.1 Å². The number of benzene rings is 2. The number of aromatic nitrogens is 1. The summed E-state index contributed by atoms with van der Waals surface area (Å²) >= 11 is 0. The van der Waals surface area contributed by atoms with Crippen LogP contribution in [0, 0.1) is 13.8 Å². The number of H-pyrrole nitrogens is 1. The predicted octanol–water partition coefficient (Wildman–Crippen LogP) is 3.90. The summed E-state index contributed by atoms with van der Waals surface area (Å²) in [6.07, 6.45) is 0. The fraction of sp³-hybridized carbons (Fsp3) is 0.188. The fourth-order valence-corrected chi connectivity index (χ4v) is 2.68. The standard InChI is InChI=1S/C16H16N2O/c1-9-8-14(17-11(3)19)10(2)15-12-6-4-5-7-13(12)18-16(9)15/h4-8,18H,1-3H3,(H,17,19). The highest BCUT2D eigenvalue weighted by Crippen LogP contribution is 2.34. The van der Waals surface area contributed by atoms with E-state index in [4.69, 9.17) is 0 Å². The molecule has 1 amide bonds. The molecule has 96 valence electrons. The molecule has 3 heteroatoms. The summed E-state index contributed by atoms with van der Waals surface area (Å²) in [5, 5.41) is 5.30. The van der Waals surface area contributed by atoms with E-state index in [0.29, 0.717) is 0 Å². The molecule has 0 unspecified atom stereocenters. The Balaban J connectivity index is 2.42. The van der Waals surface area contributed by atoms with E-state index in [-0.39, 0.29) is 5.91 Å². The van der Waals surface area contributed by atoms with Crippen LogP contribution in [0.2, 0.25) is 0 Å². The van der Waals surface area contributed by atoms with Crippen LogP contribution >= 0.6 is 0 Å². The van der Waals surface area contributed by atoms with Gasteiger partial charge in [0.05, 0.1) is 0 Å². The number of aromatic amines is 1. The minimum Gasteiger partial charge on any atom is -0.354 e. The maximum Gasteiger partial charge on any atom is 0.221 e. The minimum atomic E-state index is -0.0401. The van der Waals surface area contributed by atoms with E-state index < -0.39 is 0 Å². The van der Waals surface area contributed by atoms with Gasteiger partial charge in [-0.05, 0) is 37.1 Å². The second kappa shape index (κ2) is 4.12. The number of hydrogen-bond donors (Lipinski definition) is 2. The summed E-state index contributed by atoms with van der Waals surface area (Å²) in [7, 11) is 0. The van der Waals surface area contributed by atoms with Crippen LogP contribution in [0.3, 0.4) is 0 Å². The van der Waals surface area contributed by atoms with Crippen LogP contribution in [0.4, 0.5) is 5.69 Å². The van der Waals surface area contributed by atoms with Crippen molar-refractivity contribution in [3.05, 3.63) is 41.5 Å². The zero-order valence-electron chi connectivity index (χ0n) is 11.3. The highest BCUT2D eigenvalue weighted by atomic mass is 16.1. The molecule has 0 saturated carbocycles. The van der Waals surface area contributed by atoms with Gasteiger partial charge in [-0.25, -0.2) is 0 Å². The average molecular weight is 252 g/mol. The molecule has 0 spiro atoms. The first-order valence-corrected chi connectivity index (χ1v) is 6.36. The molecule has 0 aliphatic carbocycles. The van der Waals surface area contributed by atoms with Crippen LogP contribution < -0.4 is 5.32 Å². The number of aryl methyl sites for hydroxylation is 2. The minimum absolute atomic E-state index is 0.0401. The Morgan fingerprint density at radius 2 is 1.95 bits per heavy atom. The molecule has 0 fully saturated rings. The van der Waals surface area contributed by atoms with Crippen molar-refractivity contribution in [3.63, 3.8) is 0 Å². The third kappa shape index (κ3) is 1.78. The van der Waals surface area contributed by atoms with Crippen molar-refractivity contribution in [2.45, 2.75) is 20.8 Å². The zero-order valence-corrected chi connectivity index (χ0v) is 11.3. The van der Waals surface area contributed by atoms with Gasteiger partial charge >= 0.3 is 0 Å². The molecule has 0 atom stereocenters. The number of fused-ring (bicyclic) bond motifs is 3. The molecule has 2 N–H and O–H groups in total. The Morgan fingerprint density at radius 3 is 2.68 bits per heavy atom. The van der Waals surface area contributed by atoms with Gasteiger partial charge in [-0.15, -0.1) is 0 Å². The van der Waals surface area contributed by atoms with Gasteiger partial charge in [0, 0.05) is 34.4 Å². The maximum absolute atomic E-state index is 11.3. The van der Waals surface area contributed by atoms with E-state index in [1.165, 1.54) is 17.7 Å². The largest absolute Gasteiger partial charge is 0.354 e. The maximum atomic E-state index is 11.3. The lowest BCUT2D eigenvalue weighted by Gasteiger charge is -2.10. The van der Waals surface area contributed by atoms with E-state index >= 15 is 0 Å². The van der Waals surface area contributed by atoms with Crippen molar-refractivity contribution in [2.24, 2.45) is 0 Å². The van der Waals surface area contributed by atoms with Crippen LogP contribution in [0.15, 0.2) is 30.3 Å². The summed E-state index contributed by atoms with van der Waals surface area (Å²) < 4.78 is 0. The molecule has 3 aromatic rings. The highest BCUT2D eigenvalue weighted by molar-refractivity contribution is 6.12. The molecule has 1 heterocycles. The fourth-order valence-electron chi connectivity index (χ4n) is 2.68. The lowest BCUT2D eigenvalue weighted by molar-refractivity contribution is -0.114. The second-order valence-electron chi connectivity index (χ2n) is 4.97. The Hall–Kier alpha value is -2.29. The number of para-hydroxylation sites is 1. The molecule has 0 saturated heterocycles. The van der Waals surface area contributed by atoms with Crippen molar-refractivity contribution in [1.82, 2.24) is 4.98 Å². The zero-order chi connectivity index (χ0) is 13.6. The molecular formula is C16H16N2O. The van der Waals surface area contributed by atoms with Gasteiger partial charge in [0.15, 0.2) is 0 Å². The van der Waals surface area contributed by atoms with E-state index in [1.807, 2.05) is 25.1 Å². The van der Waals surface area contributed by atoms with Gasteiger partial charge in [-0.3, -0.25) is 4.79 Å². The predicted molar refractivity (Wildman–Crippen MR) is 79.6 cm³/mol. The number of carbonyl (C=O) groups is 1. The number of nitrogens with one attached hydrogen (secondary N) is 2. The van der Waals surface area contributed by atoms with Gasteiger partial charge in [-0.1, -0.05) is 18.2 Å². The first-order chi connectivity index (χ1) is 9.08. The third-order valence-electron chi connectivity index (χ3n) is 3.55. The van der Waals surface area contributed by atoms with Gasteiger partial charge in [0.2, 0.25) is 5.91 Å². The molecule has 0 aliphatic heterocycles. The molecule has 1 aromatic heterocycles. The third-order valence-corrected chi connectivity index (χ3v) is 3.55. The van der Waals surface area contributed by atoms with Crippen LogP contribution in [-0.4, -0.2) is 10.9 Å². The van der Waals surface area contributed by atoms with Crippen LogP contribution in [0.25, 0.3) is 21.8 Å². The lowest BCUT2D eigenvalue weighted by atomic mass is 10.0. The number of anilines is 1. The monoisotopic (exact) mass is 252 g/mol. The number of rotatable bonds is 1. The van der Waals surface area contributed by atoms with Gasteiger partial charge in [-0.2, -0.15) is 0 Å². The topological polar surface area (TPSA) is 44.9 Å². The SMILES string of the molecule is CC(=O)Nc1cc(C)c2[nH]c3ccccc3c2c1C. The molecule has 3 rings (SSSR count). The van der Waals surface area contributed by atoms with Gasteiger partial charge < -0.3 is 10.3 Å². The van der Waals surface area contributed by atoms with E-state index in [0.717, 1.165) is 27.8 Å². The van der Waals surface area contributed by atoms with Crippen LogP contribution in [-0.2, 0) is 4.79 Å². The second-order valence-corrected chi connectivity index (χ2v) is 4.97. The summed E-state index contributed by atoms with van der Waals surface area (Å²) in [4.78, 5) is 14.8. The number of amides is 1. The summed E-state index contributed by atoms with van der Waals surface area (Å²) in [5.41, 5.74) is 5.41. The van der Waals surface area contributed by atoms with E-state index in [1.54, 1.807) is 0 Å². The molecule has 0 bridgehead atoms. The van der Waals surface area contributed by atoms with Crippen molar-refractivity contribution >= 4 is 33.4 Å².